The summed E-state index contributed by atoms with van der Waals surface area (Å²) in [6.45, 7) is 1.71. The number of sulfonamides is 1. The molecule has 0 aromatic heterocycles. The Morgan fingerprint density at radius 1 is 1.08 bits per heavy atom. The Morgan fingerprint density at radius 2 is 1.88 bits per heavy atom. The summed E-state index contributed by atoms with van der Waals surface area (Å²) in [5, 5.41) is 2.79. The van der Waals surface area contributed by atoms with Crippen molar-refractivity contribution in [2.24, 2.45) is 11.7 Å². The smallest absolute Gasteiger partial charge is 0.410 e. The van der Waals surface area contributed by atoms with Crippen molar-refractivity contribution in [3.8, 4) is 0 Å². The third kappa shape index (κ3) is 6.68. The van der Waals surface area contributed by atoms with Gasteiger partial charge in [0.1, 0.15) is 23.5 Å². The van der Waals surface area contributed by atoms with E-state index in [1.165, 1.54) is 21.9 Å². The number of carbonyl (C=O) groups is 4. The third-order valence-electron chi connectivity index (χ3n) is 9.75. The molecule has 1 aliphatic carbocycles. The Balaban J connectivity index is 1.22. The van der Waals surface area contributed by atoms with E-state index in [9.17, 15) is 32.0 Å². The van der Waals surface area contributed by atoms with Crippen molar-refractivity contribution in [2.75, 3.05) is 6.54 Å². The molecule has 1 saturated carbocycles. The number of fused-ring (bicyclic) bond motifs is 3. The van der Waals surface area contributed by atoms with E-state index in [-0.39, 0.29) is 37.4 Å². The van der Waals surface area contributed by atoms with E-state index in [1.54, 1.807) is 37.3 Å². The van der Waals surface area contributed by atoms with Gasteiger partial charge in [0.15, 0.2) is 0 Å². The van der Waals surface area contributed by atoms with E-state index in [2.05, 4.69) is 10.0 Å². The summed E-state index contributed by atoms with van der Waals surface area (Å²) in [6.07, 6.45) is 5.71. The second kappa shape index (κ2) is 13.3. The molecule has 0 bridgehead atoms. The highest BCUT2D eigenvalue weighted by atomic mass is 32.2. The Hall–Kier alpha value is -4.30. The van der Waals surface area contributed by atoms with Crippen LogP contribution in [0.4, 0.5) is 9.18 Å². The fourth-order valence-corrected chi connectivity index (χ4v) is 8.20. The molecule has 6 rings (SSSR count). The summed E-state index contributed by atoms with van der Waals surface area (Å²) in [4.78, 5) is 57.1. The first-order chi connectivity index (χ1) is 22.9. The van der Waals surface area contributed by atoms with Gasteiger partial charge in [0.25, 0.3) is 15.9 Å². The molecule has 5 atom stereocenters. The van der Waals surface area contributed by atoms with E-state index in [1.807, 2.05) is 12.2 Å². The Kier molecular flexibility index (Phi) is 9.31. The Morgan fingerprint density at radius 3 is 2.65 bits per heavy atom. The summed E-state index contributed by atoms with van der Waals surface area (Å²) in [7, 11) is -4.26. The van der Waals surface area contributed by atoms with Crippen molar-refractivity contribution in [3.63, 3.8) is 0 Å². The van der Waals surface area contributed by atoms with E-state index in [0.29, 0.717) is 36.0 Å². The molecule has 1 saturated heterocycles. The topological polar surface area (TPSA) is 168 Å². The van der Waals surface area contributed by atoms with Gasteiger partial charge >= 0.3 is 6.09 Å². The average molecular weight is 682 g/mol. The van der Waals surface area contributed by atoms with Gasteiger partial charge in [0.2, 0.25) is 11.8 Å². The number of carbonyl (C=O) groups excluding carboxylic acids is 4. The van der Waals surface area contributed by atoms with Gasteiger partial charge in [-0.25, -0.2) is 22.3 Å². The molecule has 0 spiro atoms. The minimum absolute atomic E-state index is 0.0307. The van der Waals surface area contributed by atoms with Crippen LogP contribution in [0.3, 0.4) is 0 Å². The Labute approximate surface area is 278 Å². The lowest BCUT2D eigenvalue weighted by molar-refractivity contribution is -0.140. The zero-order chi connectivity index (χ0) is 34.2. The first kappa shape index (κ1) is 33.6. The third-order valence-corrected chi connectivity index (χ3v) is 11.2. The first-order valence-electron chi connectivity index (χ1n) is 16.3. The lowest BCUT2D eigenvalue weighted by Gasteiger charge is -2.28. The molecule has 4 aliphatic rings. The summed E-state index contributed by atoms with van der Waals surface area (Å²) in [5.74, 6) is -2.93. The van der Waals surface area contributed by atoms with Crippen molar-refractivity contribution >= 4 is 33.8 Å². The molecule has 2 aromatic rings. The molecule has 3 aliphatic heterocycles. The van der Waals surface area contributed by atoms with E-state index in [0.717, 1.165) is 12.8 Å². The summed E-state index contributed by atoms with van der Waals surface area (Å²) in [6, 6.07) is 8.86. The van der Waals surface area contributed by atoms with Gasteiger partial charge in [-0.3, -0.25) is 19.3 Å². The molecule has 3 heterocycles. The second-order valence-electron chi connectivity index (χ2n) is 13.1. The van der Waals surface area contributed by atoms with Crippen LogP contribution < -0.4 is 15.8 Å². The number of nitrogens with zero attached hydrogens (tertiary/aromatic N) is 2. The zero-order valence-electron chi connectivity index (χ0n) is 26.7. The van der Waals surface area contributed by atoms with Crippen LogP contribution in [0.5, 0.6) is 0 Å². The number of benzene rings is 2. The number of nitrogens with two attached hydrogens (primary N) is 1. The highest BCUT2D eigenvalue weighted by Crippen LogP contribution is 2.46. The summed E-state index contributed by atoms with van der Waals surface area (Å²) < 4.78 is 48.7. The number of nitrogens with one attached hydrogen (secondary N) is 2. The van der Waals surface area contributed by atoms with Crippen LogP contribution in [0.15, 0.2) is 59.5 Å². The number of allylic oxidation sites excluding steroid dienone is 1. The van der Waals surface area contributed by atoms with Crippen LogP contribution in [0.1, 0.15) is 61.6 Å². The van der Waals surface area contributed by atoms with Crippen molar-refractivity contribution in [1.29, 1.82) is 0 Å². The minimum atomic E-state index is -4.26. The molecule has 0 radical (unpaired) electrons. The van der Waals surface area contributed by atoms with Gasteiger partial charge in [-0.05, 0) is 55.9 Å². The molecule has 4 amide bonds. The number of hydrogen-bond donors (Lipinski definition) is 3. The normalized spacial score (nSPS) is 28.2. The molecule has 256 valence electrons. The predicted octanol–water partition coefficient (Wildman–Crippen LogP) is 2.78. The van der Waals surface area contributed by atoms with Gasteiger partial charge in [-0.2, -0.15) is 0 Å². The molecular weight excluding hydrogens is 641 g/mol. The monoisotopic (exact) mass is 681 g/mol. The largest absolute Gasteiger partial charge is 0.444 e. The van der Waals surface area contributed by atoms with Gasteiger partial charge in [0.05, 0.1) is 24.0 Å². The standard InChI is InChI=1S/C34H40FN5O7S/c1-21-10-7-8-15-29(21)48(45,46)38-32(43)34-17-23(34)12-5-3-2-4-6-14-27(36)31(42)40-19-24(16-28(40)30(41)37-34)47-33(44)39-18-22-11-9-13-26(35)25(22)20-39/h5,7-13,15,23-24,27-28H,2-4,6,14,16-20,36H2,1H3,(H,37,41)(H,38,43)/b12-5-/t23-,24-,27?,28+,34-/m1/s1. The lowest BCUT2D eigenvalue weighted by Crippen LogP contribution is -2.57. The molecule has 2 aromatic carbocycles. The number of amides is 4. The van der Waals surface area contributed by atoms with Crippen LogP contribution in [0.25, 0.3) is 0 Å². The maximum absolute atomic E-state index is 14.3. The number of aryl methyl sites for hydroxylation is 1. The highest BCUT2D eigenvalue weighted by Gasteiger charge is 2.61. The van der Waals surface area contributed by atoms with Crippen LogP contribution in [-0.2, 0) is 42.2 Å². The number of halogens is 1. The highest BCUT2D eigenvalue weighted by molar-refractivity contribution is 7.90. The summed E-state index contributed by atoms with van der Waals surface area (Å²) in [5.41, 5.74) is 6.27. The minimum Gasteiger partial charge on any atom is -0.444 e. The molecule has 2 fully saturated rings. The van der Waals surface area contributed by atoms with Crippen LogP contribution in [-0.4, -0.2) is 72.3 Å². The van der Waals surface area contributed by atoms with E-state index < -0.39 is 69.3 Å². The molecule has 4 N–H and O–H groups in total. The van der Waals surface area contributed by atoms with Gasteiger partial charge in [0, 0.05) is 24.4 Å². The average Bonchev–Trinajstić information content (AvgIpc) is 3.34. The Bertz CT molecular complexity index is 1770. The van der Waals surface area contributed by atoms with Gasteiger partial charge in [-0.1, -0.05) is 55.3 Å². The molecule has 12 nitrogen and oxygen atoms in total. The predicted molar refractivity (Wildman–Crippen MR) is 172 cm³/mol. The summed E-state index contributed by atoms with van der Waals surface area (Å²) >= 11 is 0. The van der Waals surface area contributed by atoms with Gasteiger partial charge < -0.3 is 20.7 Å². The second-order valence-corrected chi connectivity index (χ2v) is 14.8. The first-order valence-corrected chi connectivity index (χ1v) is 17.8. The molecule has 1 unspecified atom stereocenters. The van der Waals surface area contributed by atoms with Crippen LogP contribution in [0, 0.1) is 18.7 Å². The quantitative estimate of drug-likeness (QED) is 0.414. The fraction of sp³-hybridized carbons (Fsp3) is 0.471. The number of hydrogen-bond acceptors (Lipinski definition) is 8. The fourth-order valence-electron chi connectivity index (χ4n) is 6.91. The van der Waals surface area contributed by atoms with E-state index in [4.69, 9.17) is 10.5 Å². The van der Waals surface area contributed by atoms with Crippen molar-refractivity contribution in [1.82, 2.24) is 19.8 Å². The molecular formula is C34H40FN5O7S. The van der Waals surface area contributed by atoms with Crippen molar-refractivity contribution < 1.29 is 36.7 Å². The molecule has 14 heteroatoms. The SMILES string of the molecule is Cc1ccccc1S(=O)(=O)NC(=O)[C@@]12C[C@H]1/C=C\CCCCCC(N)C(=O)N1C[C@H](OC(=O)N3Cc4cccc(F)c4C3)C[C@H]1C(=O)N2. The number of ether oxygens (including phenoxy) is 1. The maximum Gasteiger partial charge on any atom is 0.410 e. The number of rotatable bonds is 4. The maximum atomic E-state index is 14.3. The van der Waals surface area contributed by atoms with Crippen molar-refractivity contribution in [2.45, 2.75) is 93.6 Å². The lowest BCUT2D eigenvalue weighted by atomic mass is 10.1. The molecule has 48 heavy (non-hydrogen) atoms. The van der Waals surface area contributed by atoms with Crippen LogP contribution in [0.2, 0.25) is 0 Å². The van der Waals surface area contributed by atoms with Crippen molar-refractivity contribution in [3.05, 3.63) is 77.1 Å². The van der Waals surface area contributed by atoms with Crippen LogP contribution >= 0.6 is 0 Å². The van der Waals surface area contributed by atoms with E-state index >= 15 is 0 Å². The zero-order valence-corrected chi connectivity index (χ0v) is 27.5. The van der Waals surface area contributed by atoms with Gasteiger partial charge in [-0.15, -0.1) is 0 Å².